The van der Waals surface area contributed by atoms with Gasteiger partial charge in [0, 0.05) is 43.8 Å². The lowest BCUT2D eigenvalue weighted by atomic mass is 9.87. The average molecular weight is 490 g/mol. The molecule has 0 aromatic carbocycles. The zero-order chi connectivity index (χ0) is 24.9. The summed E-state index contributed by atoms with van der Waals surface area (Å²) in [6, 6.07) is 1.83. The van der Waals surface area contributed by atoms with E-state index in [-0.39, 0.29) is 17.4 Å². The van der Waals surface area contributed by atoms with Crippen LogP contribution in [0.1, 0.15) is 81.0 Å². The molecule has 3 fully saturated rings. The normalized spacial score (nSPS) is 25.9. The number of carbonyl (C=O) groups is 2. The number of hydrogen-bond acceptors (Lipinski definition) is 6. The van der Waals surface area contributed by atoms with Gasteiger partial charge in [-0.25, -0.2) is 4.79 Å². The van der Waals surface area contributed by atoms with Crippen molar-refractivity contribution in [2.45, 2.75) is 82.5 Å². The molecule has 0 bridgehead atoms. The van der Waals surface area contributed by atoms with Gasteiger partial charge in [0.2, 0.25) is 0 Å². The van der Waals surface area contributed by atoms with Crippen LogP contribution >= 0.6 is 0 Å². The number of hydrogen-bond donors (Lipinski definition) is 1. The van der Waals surface area contributed by atoms with Crippen molar-refractivity contribution in [2.24, 2.45) is 0 Å². The van der Waals surface area contributed by atoms with E-state index in [2.05, 4.69) is 28.8 Å². The molecular formula is C23H34F3N3O5. The van der Waals surface area contributed by atoms with Crippen molar-refractivity contribution < 1.29 is 37.1 Å². The van der Waals surface area contributed by atoms with E-state index < -0.39 is 12.1 Å². The van der Waals surface area contributed by atoms with Crippen molar-refractivity contribution in [3.05, 3.63) is 17.5 Å². The lowest BCUT2D eigenvalue weighted by Gasteiger charge is -2.38. The van der Waals surface area contributed by atoms with Gasteiger partial charge in [-0.3, -0.25) is 4.79 Å². The van der Waals surface area contributed by atoms with Crippen LogP contribution in [0.25, 0.3) is 0 Å². The fraction of sp³-hybridized carbons (Fsp3) is 0.783. The van der Waals surface area contributed by atoms with Crippen LogP contribution in [0.2, 0.25) is 0 Å². The van der Waals surface area contributed by atoms with Crippen LogP contribution < -0.4 is 0 Å². The van der Waals surface area contributed by atoms with Crippen LogP contribution in [-0.4, -0.2) is 82.5 Å². The van der Waals surface area contributed by atoms with Crippen molar-refractivity contribution in [1.82, 2.24) is 15.0 Å². The third-order valence-electron chi connectivity index (χ3n) is 6.90. The van der Waals surface area contributed by atoms with Gasteiger partial charge in [-0.2, -0.15) is 13.2 Å². The van der Waals surface area contributed by atoms with Gasteiger partial charge in [-0.15, -0.1) is 0 Å². The van der Waals surface area contributed by atoms with Crippen LogP contribution in [0.5, 0.6) is 0 Å². The van der Waals surface area contributed by atoms with Crippen LogP contribution in [0.3, 0.4) is 0 Å². The van der Waals surface area contributed by atoms with E-state index in [1.807, 2.05) is 6.07 Å². The summed E-state index contributed by atoms with van der Waals surface area (Å²) in [4.78, 5) is 26.8. The maximum absolute atomic E-state index is 13.2. The Balaban J connectivity index is 0.000000406. The molecule has 0 saturated carbocycles. The van der Waals surface area contributed by atoms with Crippen molar-refractivity contribution in [3.8, 4) is 0 Å². The van der Waals surface area contributed by atoms with Gasteiger partial charge in [-0.1, -0.05) is 19.0 Å². The number of halogens is 3. The first-order valence-corrected chi connectivity index (χ1v) is 11.9. The van der Waals surface area contributed by atoms with Crippen LogP contribution in [0.15, 0.2) is 10.6 Å². The highest BCUT2D eigenvalue weighted by atomic mass is 19.4. The third-order valence-corrected chi connectivity index (χ3v) is 6.90. The van der Waals surface area contributed by atoms with Crippen molar-refractivity contribution >= 4 is 11.9 Å². The molecule has 0 aliphatic carbocycles. The summed E-state index contributed by atoms with van der Waals surface area (Å²) in [5, 5.41) is 11.2. The molecule has 8 nitrogen and oxygen atoms in total. The second-order valence-corrected chi connectivity index (χ2v) is 9.65. The largest absolute Gasteiger partial charge is 0.490 e. The first-order valence-electron chi connectivity index (χ1n) is 11.9. The minimum Gasteiger partial charge on any atom is -0.475 e. The number of carboxylic acid groups (broad SMARTS) is 1. The molecule has 1 N–H and O–H groups in total. The summed E-state index contributed by atoms with van der Waals surface area (Å²) in [5.41, 5.74) is 0.472. The molecule has 4 heterocycles. The number of carbonyl (C=O) groups excluding carboxylic acids is 1. The Morgan fingerprint density at radius 3 is 2.41 bits per heavy atom. The molecule has 11 heteroatoms. The summed E-state index contributed by atoms with van der Waals surface area (Å²) in [5.74, 6) is -1.67. The molecule has 0 radical (unpaired) electrons. The molecule has 192 valence electrons. The zero-order valence-electron chi connectivity index (χ0n) is 19.8. The standard InChI is InChI=1S/C21H33N3O3.C2HF3O2/c1-16(2)19-14-18(22-27-19)20(25)24-11-5-8-21(24)7-4-10-23(12-9-21)15-17-6-3-13-26-17;3-2(4,5)1(6)7/h14,16-17H,3-13,15H2,1-2H3;(H,6,7). The van der Waals surface area contributed by atoms with E-state index in [0.717, 1.165) is 70.7 Å². The zero-order valence-corrected chi connectivity index (χ0v) is 19.8. The van der Waals surface area contributed by atoms with Crippen molar-refractivity contribution in [2.75, 3.05) is 32.8 Å². The smallest absolute Gasteiger partial charge is 0.475 e. The molecule has 3 aliphatic heterocycles. The lowest BCUT2D eigenvalue weighted by Crippen LogP contribution is -2.48. The molecular weight excluding hydrogens is 455 g/mol. The first kappa shape index (κ1) is 26.5. The second kappa shape index (κ2) is 11.1. The fourth-order valence-corrected chi connectivity index (χ4v) is 5.07. The highest BCUT2D eigenvalue weighted by Crippen LogP contribution is 2.39. The molecule has 1 aromatic rings. The number of amides is 1. The number of rotatable bonds is 4. The van der Waals surface area contributed by atoms with Gasteiger partial charge in [0.05, 0.1) is 6.10 Å². The number of alkyl halides is 3. The summed E-state index contributed by atoms with van der Waals surface area (Å²) < 4.78 is 42.9. The lowest BCUT2D eigenvalue weighted by molar-refractivity contribution is -0.192. The highest BCUT2D eigenvalue weighted by molar-refractivity contribution is 5.93. The van der Waals surface area contributed by atoms with Crippen molar-refractivity contribution in [1.29, 1.82) is 0 Å². The van der Waals surface area contributed by atoms with Gasteiger partial charge in [0.15, 0.2) is 5.69 Å². The Morgan fingerprint density at radius 1 is 1.18 bits per heavy atom. The predicted molar refractivity (Wildman–Crippen MR) is 117 cm³/mol. The maximum Gasteiger partial charge on any atom is 0.490 e. The molecule has 3 aliphatic rings. The number of aromatic nitrogens is 1. The minimum absolute atomic E-state index is 0.000684. The van der Waals surface area contributed by atoms with E-state index in [1.54, 1.807) is 0 Å². The SMILES string of the molecule is CC(C)c1cc(C(=O)N2CCCC23CCCN(CC2CCCO2)CC3)no1.O=C(O)C(F)(F)F. The van der Waals surface area contributed by atoms with Gasteiger partial charge < -0.3 is 24.2 Å². The molecule has 2 atom stereocenters. The topological polar surface area (TPSA) is 96.1 Å². The predicted octanol–water partition coefficient (Wildman–Crippen LogP) is 4.07. The molecule has 4 rings (SSSR count). The number of aliphatic carboxylic acids is 1. The first-order chi connectivity index (χ1) is 16.0. The molecule has 2 unspecified atom stereocenters. The van der Waals surface area contributed by atoms with E-state index >= 15 is 0 Å². The fourth-order valence-electron chi connectivity index (χ4n) is 5.07. The van der Waals surface area contributed by atoms with Gasteiger partial charge >= 0.3 is 12.1 Å². The molecule has 1 aromatic heterocycles. The van der Waals surface area contributed by atoms with Crippen LogP contribution in [-0.2, 0) is 9.53 Å². The number of carboxylic acids is 1. The second-order valence-electron chi connectivity index (χ2n) is 9.65. The Kier molecular flexibility index (Phi) is 8.62. The summed E-state index contributed by atoms with van der Waals surface area (Å²) >= 11 is 0. The Bertz CT molecular complexity index is 838. The summed E-state index contributed by atoms with van der Waals surface area (Å²) in [6.07, 6.45) is 3.21. The van der Waals surface area contributed by atoms with E-state index in [0.29, 0.717) is 11.8 Å². The Morgan fingerprint density at radius 2 is 1.85 bits per heavy atom. The molecule has 1 spiro atoms. The monoisotopic (exact) mass is 489 g/mol. The third kappa shape index (κ3) is 6.50. The minimum atomic E-state index is -5.08. The van der Waals surface area contributed by atoms with E-state index in [1.165, 1.54) is 12.8 Å². The number of nitrogens with zero attached hydrogens (tertiary/aromatic N) is 3. The number of likely N-dealkylation sites (tertiary alicyclic amines) is 2. The molecule has 3 saturated heterocycles. The van der Waals surface area contributed by atoms with Crippen LogP contribution in [0.4, 0.5) is 13.2 Å². The quantitative estimate of drug-likeness (QED) is 0.681. The number of ether oxygens (including phenoxy) is 1. The molecule has 1 amide bonds. The maximum atomic E-state index is 13.2. The van der Waals surface area contributed by atoms with Gasteiger partial charge in [0.1, 0.15) is 5.76 Å². The van der Waals surface area contributed by atoms with Gasteiger partial charge in [0.25, 0.3) is 5.91 Å². The molecule has 34 heavy (non-hydrogen) atoms. The van der Waals surface area contributed by atoms with Crippen molar-refractivity contribution in [3.63, 3.8) is 0 Å². The van der Waals surface area contributed by atoms with E-state index in [4.69, 9.17) is 19.2 Å². The van der Waals surface area contributed by atoms with Gasteiger partial charge in [-0.05, 0) is 51.5 Å². The van der Waals surface area contributed by atoms with Crippen LogP contribution in [0, 0.1) is 0 Å². The average Bonchev–Trinajstić information content (AvgIpc) is 3.50. The Hall–Kier alpha value is -2.14. The summed E-state index contributed by atoms with van der Waals surface area (Å²) in [6.45, 7) is 9.09. The Labute approximate surface area is 197 Å². The highest BCUT2D eigenvalue weighted by Gasteiger charge is 2.45. The summed E-state index contributed by atoms with van der Waals surface area (Å²) in [7, 11) is 0. The van der Waals surface area contributed by atoms with E-state index in [9.17, 15) is 18.0 Å².